The first kappa shape index (κ1) is 20.9. The Labute approximate surface area is 167 Å². The van der Waals surface area contributed by atoms with Crippen molar-refractivity contribution in [2.45, 2.75) is 38.8 Å². The van der Waals surface area contributed by atoms with Crippen molar-refractivity contribution in [3.63, 3.8) is 0 Å². The van der Waals surface area contributed by atoms with E-state index < -0.39 is 17.7 Å². The molecule has 0 spiro atoms. The van der Waals surface area contributed by atoms with Gasteiger partial charge in [-0.3, -0.25) is 9.59 Å². The molecule has 1 N–H and O–H groups in total. The lowest BCUT2D eigenvalue weighted by molar-refractivity contribution is -0.137. The van der Waals surface area contributed by atoms with Gasteiger partial charge >= 0.3 is 6.18 Å². The number of aryl methyl sites for hydroxylation is 1. The van der Waals surface area contributed by atoms with Crippen LogP contribution >= 0.6 is 0 Å². The van der Waals surface area contributed by atoms with Crippen LogP contribution in [0.4, 0.5) is 24.5 Å². The van der Waals surface area contributed by atoms with Crippen LogP contribution in [0.25, 0.3) is 0 Å². The molecule has 7 heteroatoms. The van der Waals surface area contributed by atoms with Gasteiger partial charge in [-0.15, -0.1) is 0 Å². The smallest absolute Gasteiger partial charge is 0.326 e. The SMILES string of the molecule is CCCCc1ccc(NC(=O)[C@@H]2CC(=O)N(c3cccc(C(F)(F)F)c3)C2)cc1. The molecule has 2 amide bonds. The van der Waals surface area contributed by atoms with Crippen molar-refractivity contribution < 1.29 is 22.8 Å². The van der Waals surface area contributed by atoms with Crippen LogP contribution in [-0.4, -0.2) is 18.4 Å². The van der Waals surface area contributed by atoms with Crippen LogP contribution in [0.1, 0.15) is 37.3 Å². The molecule has 0 aliphatic carbocycles. The third-order valence-corrected chi connectivity index (χ3v) is 5.02. The molecular formula is C22H23F3N2O2. The minimum atomic E-state index is -4.49. The molecule has 154 valence electrons. The number of halogens is 3. The predicted molar refractivity (Wildman–Crippen MR) is 106 cm³/mol. The summed E-state index contributed by atoms with van der Waals surface area (Å²) in [5.41, 5.74) is 1.16. The number of rotatable bonds is 6. The number of anilines is 2. The van der Waals surface area contributed by atoms with Gasteiger partial charge in [0.05, 0.1) is 11.5 Å². The maximum absolute atomic E-state index is 12.9. The second kappa shape index (κ2) is 8.68. The first-order chi connectivity index (χ1) is 13.8. The fourth-order valence-electron chi connectivity index (χ4n) is 3.36. The summed E-state index contributed by atoms with van der Waals surface area (Å²) in [6.45, 7) is 2.18. The number of hydrogen-bond donors (Lipinski definition) is 1. The zero-order chi connectivity index (χ0) is 21.0. The third kappa shape index (κ3) is 5.16. The van der Waals surface area contributed by atoms with E-state index in [1.807, 2.05) is 24.3 Å². The van der Waals surface area contributed by atoms with Gasteiger partial charge in [0, 0.05) is 24.3 Å². The van der Waals surface area contributed by atoms with Crippen LogP contribution in [0, 0.1) is 5.92 Å². The summed E-state index contributed by atoms with van der Waals surface area (Å²) >= 11 is 0. The molecule has 1 saturated heterocycles. The first-order valence-corrected chi connectivity index (χ1v) is 9.65. The van der Waals surface area contributed by atoms with Crippen LogP contribution in [0.3, 0.4) is 0 Å². The highest BCUT2D eigenvalue weighted by Crippen LogP contribution is 2.33. The molecule has 1 aliphatic rings. The molecule has 0 bridgehead atoms. The normalized spacial score (nSPS) is 16.9. The largest absolute Gasteiger partial charge is 0.416 e. The molecule has 1 atom stereocenters. The van der Waals surface area contributed by atoms with E-state index in [4.69, 9.17) is 0 Å². The zero-order valence-electron chi connectivity index (χ0n) is 16.1. The van der Waals surface area contributed by atoms with Crippen molar-refractivity contribution in [1.29, 1.82) is 0 Å². The summed E-state index contributed by atoms with van der Waals surface area (Å²) in [5.74, 6) is -1.29. The summed E-state index contributed by atoms with van der Waals surface area (Å²) in [4.78, 5) is 26.1. The number of unbranched alkanes of at least 4 members (excludes halogenated alkanes) is 1. The van der Waals surface area contributed by atoms with Gasteiger partial charge in [0.2, 0.25) is 11.8 Å². The van der Waals surface area contributed by atoms with Crippen molar-refractivity contribution in [3.05, 3.63) is 59.7 Å². The molecule has 0 saturated carbocycles. The summed E-state index contributed by atoms with van der Waals surface area (Å²) in [6.07, 6.45) is -1.33. The monoisotopic (exact) mass is 404 g/mol. The molecule has 4 nitrogen and oxygen atoms in total. The van der Waals surface area contributed by atoms with Gasteiger partial charge in [0.1, 0.15) is 0 Å². The predicted octanol–water partition coefficient (Wildman–Crippen LogP) is 5.04. The first-order valence-electron chi connectivity index (χ1n) is 9.65. The average Bonchev–Trinajstić information content (AvgIpc) is 3.09. The van der Waals surface area contributed by atoms with Crippen LogP contribution < -0.4 is 10.2 Å². The molecule has 1 aliphatic heterocycles. The van der Waals surface area contributed by atoms with Crippen molar-refractivity contribution >= 4 is 23.2 Å². The number of amides is 2. The van der Waals surface area contributed by atoms with Gasteiger partial charge in [-0.1, -0.05) is 31.5 Å². The summed E-state index contributed by atoms with van der Waals surface area (Å²) in [6, 6.07) is 12.2. The van der Waals surface area contributed by atoms with Crippen LogP contribution in [0.2, 0.25) is 0 Å². The zero-order valence-corrected chi connectivity index (χ0v) is 16.1. The Morgan fingerprint density at radius 1 is 1.17 bits per heavy atom. The van der Waals surface area contributed by atoms with Crippen LogP contribution in [-0.2, 0) is 22.2 Å². The van der Waals surface area contributed by atoms with Gasteiger partial charge in [0.25, 0.3) is 0 Å². The average molecular weight is 404 g/mol. The molecular weight excluding hydrogens is 381 g/mol. The number of carbonyl (C=O) groups excluding carboxylic acids is 2. The maximum atomic E-state index is 12.9. The van der Waals surface area contributed by atoms with Gasteiger partial charge in [-0.25, -0.2) is 0 Å². The molecule has 0 radical (unpaired) electrons. The van der Waals surface area contributed by atoms with Gasteiger partial charge in [-0.05, 0) is 48.7 Å². The topological polar surface area (TPSA) is 49.4 Å². The molecule has 29 heavy (non-hydrogen) atoms. The molecule has 3 rings (SSSR count). The lowest BCUT2D eigenvalue weighted by Crippen LogP contribution is -2.28. The van der Waals surface area contributed by atoms with Crippen molar-refractivity contribution in [2.24, 2.45) is 5.92 Å². The van der Waals surface area contributed by atoms with Gasteiger partial charge in [-0.2, -0.15) is 13.2 Å². The summed E-state index contributed by atoms with van der Waals surface area (Å²) in [5, 5.41) is 2.80. The number of benzene rings is 2. The molecule has 1 fully saturated rings. The van der Waals surface area contributed by atoms with E-state index >= 15 is 0 Å². The van der Waals surface area contributed by atoms with E-state index in [0.29, 0.717) is 5.69 Å². The fraction of sp³-hybridized carbons (Fsp3) is 0.364. The Morgan fingerprint density at radius 3 is 2.55 bits per heavy atom. The number of nitrogens with zero attached hydrogens (tertiary/aromatic N) is 1. The van der Waals surface area contributed by atoms with Gasteiger partial charge < -0.3 is 10.2 Å². The van der Waals surface area contributed by atoms with Gasteiger partial charge in [0.15, 0.2) is 0 Å². The van der Waals surface area contributed by atoms with E-state index in [9.17, 15) is 22.8 Å². The summed E-state index contributed by atoms with van der Waals surface area (Å²) in [7, 11) is 0. The maximum Gasteiger partial charge on any atom is 0.416 e. The highest BCUT2D eigenvalue weighted by atomic mass is 19.4. The number of alkyl halides is 3. The lowest BCUT2D eigenvalue weighted by atomic mass is 10.1. The third-order valence-electron chi connectivity index (χ3n) is 5.02. The number of hydrogen-bond acceptors (Lipinski definition) is 2. The standard InChI is InChI=1S/C22H23F3N2O2/c1-2-3-5-15-8-10-18(11-9-15)26-21(29)16-12-20(28)27(14-16)19-7-4-6-17(13-19)22(23,24)25/h4,6-11,13,16H,2-3,5,12,14H2,1H3,(H,26,29)/t16-/m1/s1. The van der Waals surface area contributed by atoms with Crippen molar-refractivity contribution in [2.75, 3.05) is 16.8 Å². The lowest BCUT2D eigenvalue weighted by Gasteiger charge is -2.18. The molecule has 2 aromatic carbocycles. The summed E-state index contributed by atoms with van der Waals surface area (Å²) < 4.78 is 38.8. The Kier molecular flexibility index (Phi) is 6.25. The Bertz CT molecular complexity index is 878. The Morgan fingerprint density at radius 2 is 1.90 bits per heavy atom. The van der Waals surface area contributed by atoms with Crippen molar-refractivity contribution in [3.8, 4) is 0 Å². The molecule has 0 aromatic heterocycles. The molecule has 1 heterocycles. The Balaban J connectivity index is 1.64. The van der Waals surface area contributed by atoms with E-state index in [2.05, 4.69) is 12.2 Å². The fourth-order valence-corrected chi connectivity index (χ4v) is 3.36. The van der Waals surface area contributed by atoms with E-state index in [0.717, 1.165) is 31.4 Å². The second-order valence-electron chi connectivity index (χ2n) is 7.24. The number of nitrogens with one attached hydrogen (secondary N) is 1. The van der Waals surface area contributed by atoms with Crippen LogP contribution in [0.15, 0.2) is 48.5 Å². The second-order valence-corrected chi connectivity index (χ2v) is 7.24. The van der Waals surface area contributed by atoms with Crippen LogP contribution in [0.5, 0.6) is 0 Å². The highest BCUT2D eigenvalue weighted by molar-refractivity contribution is 6.03. The number of carbonyl (C=O) groups is 2. The minimum absolute atomic E-state index is 0.0311. The van der Waals surface area contributed by atoms with Crippen molar-refractivity contribution in [1.82, 2.24) is 0 Å². The van der Waals surface area contributed by atoms with E-state index in [1.165, 1.54) is 22.6 Å². The van der Waals surface area contributed by atoms with E-state index in [-0.39, 0.29) is 30.5 Å². The van der Waals surface area contributed by atoms with E-state index in [1.54, 1.807) is 0 Å². The molecule has 0 unspecified atom stereocenters. The highest BCUT2D eigenvalue weighted by Gasteiger charge is 2.37. The minimum Gasteiger partial charge on any atom is -0.326 e. The molecule has 2 aromatic rings. The Hall–Kier alpha value is -2.83. The quantitative estimate of drug-likeness (QED) is 0.733.